The van der Waals surface area contributed by atoms with E-state index >= 15 is 0 Å². The fourth-order valence-electron chi connectivity index (χ4n) is 4.74. The number of carboxylic acid groups (broad SMARTS) is 1. The van der Waals surface area contributed by atoms with Crippen molar-refractivity contribution in [1.29, 1.82) is 0 Å². The van der Waals surface area contributed by atoms with Crippen LogP contribution in [0, 0.1) is 6.92 Å². The number of carbonyl (C=O) groups is 1. The van der Waals surface area contributed by atoms with Crippen molar-refractivity contribution in [2.45, 2.75) is 33.3 Å². The maximum atomic E-state index is 10.8. The minimum absolute atomic E-state index is 0.326. The first-order chi connectivity index (χ1) is 19.5. The molecule has 0 unspecified atom stereocenters. The van der Waals surface area contributed by atoms with Crippen molar-refractivity contribution >= 4 is 23.0 Å². The van der Waals surface area contributed by atoms with Gasteiger partial charge < -0.3 is 24.2 Å². The molecule has 7 nitrogen and oxygen atoms in total. The SMILES string of the molecule is CCCc1ccc(-c2sc(COc3ccc(OCC(=O)O)c(C)c3)nc2-c2ccc(N3CCOCC3)cc2)cc1. The number of morpholine rings is 1. The Morgan fingerprint density at radius 2 is 1.73 bits per heavy atom. The van der Waals surface area contributed by atoms with Crippen LogP contribution in [0.4, 0.5) is 5.69 Å². The lowest BCUT2D eigenvalue weighted by atomic mass is 10.0. The number of anilines is 1. The highest BCUT2D eigenvalue weighted by Crippen LogP contribution is 2.38. The number of rotatable bonds is 11. The summed E-state index contributed by atoms with van der Waals surface area (Å²) in [4.78, 5) is 19.3. The summed E-state index contributed by atoms with van der Waals surface area (Å²) < 4.78 is 16.9. The fourth-order valence-corrected chi connectivity index (χ4v) is 5.74. The number of ether oxygens (including phenoxy) is 3. The van der Waals surface area contributed by atoms with Gasteiger partial charge in [-0.25, -0.2) is 9.78 Å². The molecule has 2 heterocycles. The molecule has 8 heteroatoms. The zero-order valence-electron chi connectivity index (χ0n) is 22.9. The fraction of sp³-hybridized carbons (Fsp3) is 0.312. The molecule has 0 amide bonds. The normalized spacial score (nSPS) is 13.3. The van der Waals surface area contributed by atoms with E-state index in [2.05, 4.69) is 60.4 Å². The van der Waals surface area contributed by atoms with Gasteiger partial charge in [0.2, 0.25) is 0 Å². The Hall–Kier alpha value is -3.88. The topological polar surface area (TPSA) is 81.1 Å². The average Bonchev–Trinajstić information content (AvgIpc) is 3.41. The molecule has 1 aliphatic heterocycles. The predicted molar refractivity (Wildman–Crippen MR) is 159 cm³/mol. The highest BCUT2D eigenvalue weighted by molar-refractivity contribution is 7.15. The second-order valence-electron chi connectivity index (χ2n) is 9.78. The van der Waals surface area contributed by atoms with E-state index in [0.717, 1.165) is 71.4 Å². The van der Waals surface area contributed by atoms with E-state index < -0.39 is 5.97 Å². The summed E-state index contributed by atoms with van der Waals surface area (Å²) in [7, 11) is 0. The number of hydrogen-bond acceptors (Lipinski definition) is 7. The number of benzene rings is 3. The minimum atomic E-state index is -1.01. The van der Waals surface area contributed by atoms with E-state index in [0.29, 0.717) is 18.1 Å². The standard InChI is InChI=1S/C32H34N2O5S/c1-3-4-23-5-7-25(8-6-23)32-31(24-9-11-26(12-10-24)34-15-17-37-18-16-34)33-29(40-32)20-38-27-13-14-28(22(2)19-27)39-21-30(35)36/h5-14,19H,3-4,15-18,20-21H2,1-2H3,(H,35,36). The van der Waals surface area contributed by atoms with Crippen molar-refractivity contribution in [3.63, 3.8) is 0 Å². The van der Waals surface area contributed by atoms with Gasteiger partial charge in [0.1, 0.15) is 23.1 Å². The van der Waals surface area contributed by atoms with Gasteiger partial charge in [0.05, 0.1) is 23.8 Å². The van der Waals surface area contributed by atoms with Gasteiger partial charge in [0, 0.05) is 24.3 Å². The van der Waals surface area contributed by atoms with Gasteiger partial charge in [-0.05, 0) is 60.4 Å². The van der Waals surface area contributed by atoms with Crippen LogP contribution in [0.15, 0.2) is 66.7 Å². The third-order valence-corrected chi connectivity index (χ3v) is 7.88. The van der Waals surface area contributed by atoms with Crippen LogP contribution in [0.3, 0.4) is 0 Å². The van der Waals surface area contributed by atoms with E-state index in [1.54, 1.807) is 23.5 Å². The molecule has 4 aromatic rings. The van der Waals surface area contributed by atoms with Crippen molar-refractivity contribution in [3.8, 4) is 33.2 Å². The first-order valence-corrected chi connectivity index (χ1v) is 14.4. The molecular weight excluding hydrogens is 524 g/mol. The molecule has 0 bridgehead atoms. The third-order valence-electron chi connectivity index (χ3n) is 6.80. The molecule has 1 saturated heterocycles. The van der Waals surface area contributed by atoms with Crippen LogP contribution >= 0.6 is 11.3 Å². The number of carboxylic acids is 1. The predicted octanol–water partition coefficient (Wildman–Crippen LogP) is 6.62. The van der Waals surface area contributed by atoms with Crippen molar-refractivity contribution in [2.75, 3.05) is 37.8 Å². The number of thiazole rings is 1. The molecule has 1 aromatic heterocycles. The summed E-state index contributed by atoms with van der Waals surface area (Å²) >= 11 is 1.64. The maximum absolute atomic E-state index is 10.8. The van der Waals surface area contributed by atoms with Crippen LogP contribution in [0.2, 0.25) is 0 Å². The number of hydrogen-bond donors (Lipinski definition) is 1. The Morgan fingerprint density at radius 1 is 1.00 bits per heavy atom. The van der Waals surface area contributed by atoms with Crippen LogP contribution in [-0.2, 0) is 22.6 Å². The van der Waals surface area contributed by atoms with E-state index in [-0.39, 0.29) is 6.61 Å². The van der Waals surface area contributed by atoms with Crippen LogP contribution in [0.5, 0.6) is 11.5 Å². The quantitative estimate of drug-likeness (QED) is 0.222. The lowest BCUT2D eigenvalue weighted by Crippen LogP contribution is -2.36. The van der Waals surface area contributed by atoms with Gasteiger partial charge in [0.15, 0.2) is 6.61 Å². The molecule has 0 radical (unpaired) electrons. The number of aliphatic carboxylic acids is 1. The van der Waals surface area contributed by atoms with Gasteiger partial charge in [0.25, 0.3) is 0 Å². The Kier molecular flexibility index (Phi) is 8.98. The van der Waals surface area contributed by atoms with Gasteiger partial charge >= 0.3 is 5.97 Å². The van der Waals surface area contributed by atoms with Crippen LogP contribution in [-0.4, -0.2) is 49.0 Å². The number of aryl methyl sites for hydroxylation is 2. The number of nitrogens with zero attached hydrogens (tertiary/aromatic N) is 2. The molecule has 0 saturated carbocycles. The van der Waals surface area contributed by atoms with Crippen LogP contribution in [0.25, 0.3) is 21.7 Å². The van der Waals surface area contributed by atoms with Crippen LogP contribution in [0.1, 0.15) is 29.5 Å². The molecule has 1 fully saturated rings. The van der Waals surface area contributed by atoms with Crippen molar-refractivity contribution in [3.05, 3.63) is 82.9 Å². The van der Waals surface area contributed by atoms with Gasteiger partial charge in [-0.3, -0.25) is 0 Å². The summed E-state index contributed by atoms with van der Waals surface area (Å²) in [5.74, 6) is 0.198. The lowest BCUT2D eigenvalue weighted by molar-refractivity contribution is -0.139. The van der Waals surface area contributed by atoms with Crippen molar-refractivity contribution < 1.29 is 24.1 Å². The summed E-state index contributed by atoms with van der Waals surface area (Å²) in [6, 6.07) is 22.8. The molecule has 5 rings (SSSR count). The lowest BCUT2D eigenvalue weighted by Gasteiger charge is -2.28. The largest absolute Gasteiger partial charge is 0.486 e. The Labute approximate surface area is 239 Å². The number of aromatic nitrogens is 1. The van der Waals surface area contributed by atoms with Crippen molar-refractivity contribution in [1.82, 2.24) is 4.98 Å². The smallest absolute Gasteiger partial charge is 0.341 e. The zero-order chi connectivity index (χ0) is 27.9. The highest BCUT2D eigenvalue weighted by Gasteiger charge is 2.17. The maximum Gasteiger partial charge on any atom is 0.341 e. The van der Waals surface area contributed by atoms with Gasteiger partial charge in [-0.15, -0.1) is 11.3 Å². The molecule has 3 aromatic carbocycles. The van der Waals surface area contributed by atoms with E-state index in [1.165, 1.54) is 11.3 Å². The summed E-state index contributed by atoms with van der Waals surface area (Å²) in [5, 5.41) is 9.75. The first-order valence-electron chi connectivity index (χ1n) is 13.6. The summed E-state index contributed by atoms with van der Waals surface area (Å²) in [6.07, 6.45) is 2.19. The molecule has 1 N–H and O–H groups in total. The second kappa shape index (κ2) is 13.0. The first kappa shape index (κ1) is 27.7. The average molecular weight is 559 g/mol. The van der Waals surface area contributed by atoms with Gasteiger partial charge in [-0.1, -0.05) is 49.7 Å². The van der Waals surface area contributed by atoms with E-state index in [4.69, 9.17) is 24.3 Å². The minimum Gasteiger partial charge on any atom is -0.486 e. The third kappa shape index (κ3) is 6.81. The highest BCUT2D eigenvalue weighted by atomic mass is 32.1. The molecule has 208 valence electrons. The Morgan fingerprint density at radius 3 is 2.40 bits per heavy atom. The van der Waals surface area contributed by atoms with Crippen molar-refractivity contribution in [2.24, 2.45) is 0 Å². The molecule has 0 aliphatic carbocycles. The molecule has 0 spiro atoms. The Bertz CT molecular complexity index is 1430. The molecule has 1 aliphatic rings. The van der Waals surface area contributed by atoms with Crippen LogP contribution < -0.4 is 14.4 Å². The van der Waals surface area contributed by atoms with E-state index in [9.17, 15) is 4.79 Å². The summed E-state index contributed by atoms with van der Waals surface area (Å²) in [6.45, 7) is 7.33. The second-order valence-corrected chi connectivity index (χ2v) is 10.9. The molecule has 40 heavy (non-hydrogen) atoms. The zero-order valence-corrected chi connectivity index (χ0v) is 23.7. The monoisotopic (exact) mass is 558 g/mol. The Balaban J connectivity index is 1.38. The summed E-state index contributed by atoms with van der Waals surface area (Å²) in [5.41, 5.74) is 6.51. The molecule has 0 atom stereocenters. The van der Waals surface area contributed by atoms with Gasteiger partial charge in [-0.2, -0.15) is 0 Å². The van der Waals surface area contributed by atoms with E-state index in [1.807, 2.05) is 13.0 Å². The molecular formula is C32H34N2O5S.